The molecule has 0 saturated heterocycles. The van der Waals surface area contributed by atoms with E-state index >= 15 is 0 Å². The van der Waals surface area contributed by atoms with Gasteiger partial charge in [0.05, 0.1) is 19.4 Å². The quantitative estimate of drug-likeness (QED) is 0.472. The topological polar surface area (TPSA) is 60.4 Å². The fourth-order valence-corrected chi connectivity index (χ4v) is 1.77. The third-order valence-electron chi connectivity index (χ3n) is 2.54. The van der Waals surface area contributed by atoms with Crippen molar-refractivity contribution in [3.05, 3.63) is 35.9 Å². The number of rotatable bonds is 7. The molecule has 0 spiro atoms. The lowest BCUT2D eigenvalue weighted by molar-refractivity contribution is -0.170. The third-order valence-corrected chi connectivity index (χ3v) is 3.33. The molecular weight excluding hydrogens is 316 g/mol. The Morgan fingerprint density at radius 3 is 2.19 bits per heavy atom. The van der Waals surface area contributed by atoms with E-state index in [1.54, 1.807) is 30.3 Å². The minimum absolute atomic E-state index is 0.196. The van der Waals surface area contributed by atoms with Crippen LogP contribution in [0.15, 0.2) is 30.3 Å². The maximum Gasteiger partial charge on any atom is 0.404 e. The molecule has 0 amide bonds. The number of hydrogen-bond donors (Lipinski definition) is 1. The van der Waals surface area contributed by atoms with Crippen molar-refractivity contribution in [2.75, 3.05) is 6.61 Å². The molecule has 0 aromatic heterocycles. The minimum atomic E-state index is -5.17. The highest BCUT2D eigenvalue weighted by Gasteiger charge is 2.59. The molecule has 0 N–H and O–H groups in total. The summed E-state index contributed by atoms with van der Waals surface area (Å²) in [6, 6.07) is 8.23. The largest absolute Gasteiger partial charge is 0.465 e. The van der Waals surface area contributed by atoms with Crippen molar-refractivity contribution in [1.29, 1.82) is 0 Å². The first kappa shape index (κ1) is 17.4. The first-order valence-corrected chi connectivity index (χ1v) is 6.94. The highest BCUT2D eigenvalue weighted by atomic mass is 32.2. The SMILES string of the molecule is O=C(Cc1ccccc1)OCCC(F)(F)C(F)(F)[SH](=O)=O. The second-order valence-corrected chi connectivity index (χ2v) is 5.21. The van der Waals surface area contributed by atoms with E-state index in [0.717, 1.165) is 0 Å². The molecule has 1 rings (SSSR count). The number of carbonyl (C=O) groups excluding carboxylic acids is 1. The Labute approximate surface area is 119 Å². The van der Waals surface area contributed by atoms with E-state index < -0.39 is 40.9 Å². The zero-order chi connectivity index (χ0) is 16.1. The van der Waals surface area contributed by atoms with Gasteiger partial charge < -0.3 is 4.74 Å². The van der Waals surface area contributed by atoms with Crippen LogP contribution in [-0.2, 0) is 26.7 Å². The molecular formula is C12H12F4O4S. The van der Waals surface area contributed by atoms with Gasteiger partial charge in [0, 0.05) is 0 Å². The Bertz CT molecular complexity index is 550. The number of esters is 1. The highest BCUT2D eigenvalue weighted by molar-refractivity contribution is 7.73. The van der Waals surface area contributed by atoms with Gasteiger partial charge in [0.1, 0.15) is 0 Å². The van der Waals surface area contributed by atoms with Crippen LogP contribution >= 0.6 is 0 Å². The summed E-state index contributed by atoms with van der Waals surface area (Å²) in [4.78, 5) is 11.3. The van der Waals surface area contributed by atoms with E-state index in [1.807, 2.05) is 0 Å². The summed E-state index contributed by atoms with van der Waals surface area (Å²) in [5, 5.41) is -5.17. The normalized spacial score (nSPS) is 12.4. The van der Waals surface area contributed by atoms with Crippen molar-refractivity contribution < 1.29 is 35.5 Å². The summed E-state index contributed by atoms with van der Waals surface area (Å²) in [6.07, 6.45) is -1.78. The first-order chi connectivity index (χ1) is 9.67. The molecule has 9 heteroatoms. The molecule has 0 saturated carbocycles. The number of alkyl halides is 4. The standard InChI is InChI=1S/C12H12F4O4S/c13-11(14,12(15,16)21(18)19)6-7-20-10(17)8-9-4-2-1-3-5-9/h1-5,21H,6-8H2. The fourth-order valence-electron chi connectivity index (χ4n) is 1.39. The fraction of sp³-hybridized carbons (Fsp3) is 0.417. The summed E-state index contributed by atoms with van der Waals surface area (Å²) < 4.78 is 76.0. The number of ether oxygens (including phenoxy) is 1. The maximum atomic E-state index is 13.0. The van der Waals surface area contributed by atoms with E-state index in [4.69, 9.17) is 0 Å². The second kappa shape index (κ2) is 6.88. The zero-order valence-electron chi connectivity index (χ0n) is 10.6. The van der Waals surface area contributed by atoms with E-state index in [-0.39, 0.29) is 6.42 Å². The summed E-state index contributed by atoms with van der Waals surface area (Å²) in [5.41, 5.74) is 0.572. The van der Waals surface area contributed by atoms with Crippen LogP contribution < -0.4 is 0 Å². The van der Waals surface area contributed by atoms with E-state index in [2.05, 4.69) is 4.74 Å². The zero-order valence-corrected chi connectivity index (χ0v) is 11.5. The lowest BCUT2D eigenvalue weighted by atomic mass is 10.1. The van der Waals surface area contributed by atoms with Gasteiger partial charge in [-0.1, -0.05) is 30.3 Å². The summed E-state index contributed by atoms with van der Waals surface area (Å²) in [7, 11) is -4.63. The molecule has 0 aliphatic rings. The lowest BCUT2D eigenvalue weighted by Gasteiger charge is -2.21. The molecule has 0 aliphatic heterocycles. The highest BCUT2D eigenvalue weighted by Crippen LogP contribution is 2.37. The van der Waals surface area contributed by atoms with Crippen LogP contribution in [0.3, 0.4) is 0 Å². The Kier molecular flexibility index (Phi) is 5.70. The summed E-state index contributed by atoms with van der Waals surface area (Å²) >= 11 is 0. The van der Waals surface area contributed by atoms with Crippen molar-refractivity contribution in [2.45, 2.75) is 24.0 Å². The number of carbonyl (C=O) groups is 1. The van der Waals surface area contributed by atoms with Gasteiger partial charge in [0.2, 0.25) is 10.7 Å². The summed E-state index contributed by atoms with van der Waals surface area (Å²) in [6.45, 7) is -1.00. The molecule has 21 heavy (non-hydrogen) atoms. The summed E-state index contributed by atoms with van der Waals surface area (Å²) in [5.74, 6) is -5.67. The first-order valence-electron chi connectivity index (χ1n) is 5.76. The van der Waals surface area contributed by atoms with Crippen molar-refractivity contribution in [3.63, 3.8) is 0 Å². The molecule has 1 aromatic carbocycles. The molecule has 0 radical (unpaired) electrons. The van der Waals surface area contributed by atoms with Crippen molar-refractivity contribution >= 4 is 16.7 Å². The second-order valence-electron chi connectivity index (χ2n) is 4.14. The van der Waals surface area contributed by atoms with Crippen molar-refractivity contribution in [2.24, 2.45) is 0 Å². The van der Waals surface area contributed by atoms with Gasteiger partial charge in [-0.3, -0.25) is 4.79 Å². The van der Waals surface area contributed by atoms with Crippen LogP contribution in [0.25, 0.3) is 0 Å². The Hall–Kier alpha value is -1.64. The smallest absolute Gasteiger partial charge is 0.404 e. The predicted octanol–water partition coefficient (Wildman–Crippen LogP) is 2.00. The van der Waals surface area contributed by atoms with Gasteiger partial charge in [0.25, 0.3) is 0 Å². The number of benzene rings is 1. The molecule has 4 nitrogen and oxygen atoms in total. The molecule has 0 aliphatic carbocycles. The third kappa shape index (κ3) is 4.69. The van der Waals surface area contributed by atoms with Gasteiger partial charge in [-0.15, -0.1) is 0 Å². The van der Waals surface area contributed by atoms with Crippen molar-refractivity contribution in [1.82, 2.24) is 0 Å². The molecule has 0 unspecified atom stereocenters. The van der Waals surface area contributed by atoms with Crippen LogP contribution in [0.2, 0.25) is 0 Å². The van der Waals surface area contributed by atoms with Gasteiger partial charge >= 0.3 is 17.1 Å². The molecule has 1 aromatic rings. The van der Waals surface area contributed by atoms with E-state index in [9.17, 15) is 30.8 Å². The molecule has 118 valence electrons. The van der Waals surface area contributed by atoms with E-state index in [1.165, 1.54) is 0 Å². The Morgan fingerprint density at radius 1 is 1.10 bits per heavy atom. The average Bonchev–Trinajstić information content (AvgIpc) is 2.39. The molecule has 0 fully saturated rings. The van der Waals surface area contributed by atoms with Crippen LogP contribution in [0.1, 0.15) is 12.0 Å². The molecule has 0 bridgehead atoms. The van der Waals surface area contributed by atoms with Crippen molar-refractivity contribution in [3.8, 4) is 0 Å². The Morgan fingerprint density at radius 2 is 1.67 bits per heavy atom. The van der Waals surface area contributed by atoms with Crippen LogP contribution in [0.4, 0.5) is 17.6 Å². The molecule has 0 atom stereocenters. The lowest BCUT2D eigenvalue weighted by Crippen LogP contribution is -2.42. The predicted molar refractivity (Wildman–Crippen MR) is 65.9 cm³/mol. The van der Waals surface area contributed by atoms with Gasteiger partial charge in [-0.25, -0.2) is 8.42 Å². The number of hydrogen-bond acceptors (Lipinski definition) is 4. The molecule has 0 heterocycles. The van der Waals surface area contributed by atoms with Gasteiger partial charge in [-0.05, 0) is 5.56 Å². The average molecular weight is 328 g/mol. The van der Waals surface area contributed by atoms with Gasteiger partial charge in [-0.2, -0.15) is 17.6 Å². The number of halogens is 4. The van der Waals surface area contributed by atoms with Crippen LogP contribution in [0.5, 0.6) is 0 Å². The number of thiol groups is 1. The maximum absolute atomic E-state index is 13.0. The van der Waals surface area contributed by atoms with E-state index in [0.29, 0.717) is 5.56 Å². The monoisotopic (exact) mass is 328 g/mol. The van der Waals surface area contributed by atoms with Gasteiger partial charge in [0.15, 0.2) is 0 Å². The van der Waals surface area contributed by atoms with Crippen LogP contribution in [-0.4, -0.2) is 32.2 Å². The Balaban J connectivity index is 2.48. The minimum Gasteiger partial charge on any atom is -0.465 e. The van der Waals surface area contributed by atoms with Crippen LogP contribution in [0, 0.1) is 0 Å².